The predicted octanol–water partition coefficient (Wildman–Crippen LogP) is 4.91. The highest BCUT2D eigenvalue weighted by Crippen LogP contribution is 2.30. The van der Waals surface area contributed by atoms with E-state index in [1.807, 2.05) is 49.4 Å². The van der Waals surface area contributed by atoms with Gasteiger partial charge in [-0.25, -0.2) is 0 Å². The van der Waals surface area contributed by atoms with E-state index < -0.39 is 5.91 Å². The van der Waals surface area contributed by atoms with Crippen LogP contribution in [0.2, 0.25) is 0 Å². The van der Waals surface area contributed by atoms with Crippen LogP contribution in [0.1, 0.15) is 23.7 Å². The van der Waals surface area contributed by atoms with Crippen LogP contribution in [0.25, 0.3) is 22.3 Å². The third-order valence-electron chi connectivity index (χ3n) is 4.01. The molecule has 0 saturated heterocycles. The Morgan fingerprint density at radius 3 is 2.16 bits per heavy atom. The van der Waals surface area contributed by atoms with Gasteiger partial charge in [0.2, 0.25) is 0 Å². The lowest BCUT2D eigenvalue weighted by Crippen LogP contribution is -2.13. The summed E-state index contributed by atoms with van der Waals surface area (Å²) in [5.41, 5.74) is 10.2. The van der Waals surface area contributed by atoms with Crippen LogP contribution < -0.4 is 10.5 Å². The molecule has 3 heteroatoms. The van der Waals surface area contributed by atoms with Crippen molar-refractivity contribution >= 4 is 5.91 Å². The minimum Gasteiger partial charge on any atom is -0.493 e. The molecular formula is C22H21NO2. The molecule has 0 unspecified atom stereocenters. The molecule has 0 atom stereocenters. The number of hydrogen-bond donors (Lipinski definition) is 1. The number of ether oxygens (including phenoxy) is 1. The number of hydrogen-bond acceptors (Lipinski definition) is 2. The second-order valence-corrected chi connectivity index (χ2v) is 5.87. The van der Waals surface area contributed by atoms with Crippen molar-refractivity contribution in [2.75, 3.05) is 6.61 Å². The van der Waals surface area contributed by atoms with Crippen LogP contribution in [-0.2, 0) is 0 Å². The molecule has 3 rings (SSSR count). The van der Waals surface area contributed by atoms with Crippen molar-refractivity contribution in [2.45, 2.75) is 13.3 Å². The van der Waals surface area contributed by atoms with Crippen molar-refractivity contribution in [3.63, 3.8) is 0 Å². The average Bonchev–Trinajstić information content (AvgIpc) is 2.67. The fraction of sp³-hybridized carbons (Fsp3) is 0.136. The lowest BCUT2D eigenvalue weighted by Gasteiger charge is -2.12. The molecule has 0 aliphatic carbocycles. The summed E-state index contributed by atoms with van der Waals surface area (Å²) in [7, 11) is 0. The number of amides is 1. The van der Waals surface area contributed by atoms with Gasteiger partial charge < -0.3 is 10.5 Å². The van der Waals surface area contributed by atoms with Gasteiger partial charge in [-0.1, -0.05) is 61.5 Å². The zero-order valence-electron chi connectivity index (χ0n) is 14.2. The van der Waals surface area contributed by atoms with Gasteiger partial charge in [-0.2, -0.15) is 0 Å². The van der Waals surface area contributed by atoms with Gasteiger partial charge in [-0.15, -0.1) is 0 Å². The Labute approximate surface area is 148 Å². The summed E-state index contributed by atoms with van der Waals surface area (Å²) in [5, 5.41) is 0. The van der Waals surface area contributed by atoms with Crippen LogP contribution >= 0.6 is 0 Å². The molecular weight excluding hydrogens is 310 g/mol. The molecule has 0 aliphatic rings. The first-order chi connectivity index (χ1) is 12.2. The summed E-state index contributed by atoms with van der Waals surface area (Å²) >= 11 is 0. The van der Waals surface area contributed by atoms with E-state index in [2.05, 4.69) is 24.3 Å². The van der Waals surface area contributed by atoms with Gasteiger partial charge in [0.1, 0.15) is 5.75 Å². The van der Waals surface area contributed by atoms with Gasteiger partial charge in [0.05, 0.1) is 12.2 Å². The molecule has 2 N–H and O–H groups in total. The summed E-state index contributed by atoms with van der Waals surface area (Å²) < 4.78 is 5.63. The zero-order valence-corrected chi connectivity index (χ0v) is 14.2. The predicted molar refractivity (Wildman–Crippen MR) is 102 cm³/mol. The van der Waals surface area contributed by atoms with E-state index in [9.17, 15) is 4.79 Å². The standard InChI is InChI=1S/C22H21NO2/c1-2-13-25-21-12-11-19(15-20(21)22(23)24)18-10-6-9-17(14-18)16-7-4-3-5-8-16/h3-12,14-15H,2,13H2,1H3,(H2,23,24). The minimum atomic E-state index is -0.479. The summed E-state index contributed by atoms with van der Waals surface area (Å²) in [4.78, 5) is 11.8. The Kier molecular flexibility index (Phi) is 5.14. The highest BCUT2D eigenvalue weighted by atomic mass is 16.5. The average molecular weight is 331 g/mol. The van der Waals surface area contributed by atoms with E-state index in [0.29, 0.717) is 17.9 Å². The molecule has 0 saturated carbocycles. The second-order valence-electron chi connectivity index (χ2n) is 5.87. The molecule has 0 aromatic heterocycles. The molecule has 3 nitrogen and oxygen atoms in total. The van der Waals surface area contributed by atoms with Crippen molar-refractivity contribution in [3.05, 3.63) is 78.4 Å². The highest BCUT2D eigenvalue weighted by Gasteiger charge is 2.12. The van der Waals surface area contributed by atoms with Crippen molar-refractivity contribution in [2.24, 2.45) is 5.73 Å². The number of primary amides is 1. The number of rotatable bonds is 6. The monoisotopic (exact) mass is 331 g/mol. The van der Waals surface area contributed by atoms with Crippen LogP contribution in [0.4, 0.5) is 0 Å². The van der Waals surface area contributed by atoms with E-state index in [1.54, 1.807) is 6.07 Å². The quantitative estimate of drug-likeness (QED) is 0.698. The maximum atomic E-state index is 11.8. The summed E-state index contributed by atoms with van der Waals surface area (Å²) in [5.74, 6) is 0.0597. The Bertz CT molecular complexity index is 872. The molecule has 0 spiro atoms. The third-order valence-corrected chi connectivity index (χ3v) is 4.01. The minimum absolute atomic E-state index is 0.413. The molecule has 0 aliphatic heterocycles. The fourth-order valence-electron chi connectivity index (χ4n) is 2.75. The van der Waals surface area contributed by atoms with Gasteiger partial charge in [-0.3, -0.25) is 4.79 Å². The maximum Gasteiger partial charge on any atom is 0.252 e. The first-order valence-electron chi connectivity index (χ1n) is 8.41. The smallest absolute Gasteiger partial charge is 0.252 e. The van der Waals surface area contributed by atoms with Crippen LogP contribution in [0.3, 0.4) is 0 Å². The van der Waals surface area contributed by atoms with E-state index in [-0.39, 0.29) is 0 Å². The van der Waals surface area contributed by atoms with Crippen molar-refractivity contribution < 1.29 is 9.53 Å². The first kappa shape index (κ1) is 16.8. The molecule has 0 fully saturated rings. The largest absolute Gasteiger partial charge is 0.493 e. The Hall–Kier alpha value is -3.07. The van der Waals surface area contributed by atoms with E-state index in [0.717, 1.165) is 28.7 Å². The van der Waals surface area contributed by atoms with Crippen molar-refractivity contribution in [1.29, 1.82) is 0 Å². The van der Waals surface area contributed by atoms with E-state index in [1.165, 1.54) is 0 Å². The van der Waals surface area contributed by atoms with E-state index in [4.69, 9.17) is 10.5 Å². The molecule has 126 valence electrons. The number of nitrogens with two attached hydrogens (primary N) is 1. The molecule has 0 radical (unpaired) electrons. The normalized spacial score (nSPS) is 10.4. The molecule has 3 aromatic carbocycles. The van der Waals surface area contributed by atoms with Crippen LogP contribution in [0.15, 0.2) is 72.8 Å². The lowest BCUT2D eigenvalue weighted by molar-refractivity contribution is 0.0996. The molecule has 3 aromatic rings. The summed E-state index contributed by atoms with van der Waals surface area (Å²) in [6.07, 6.45) is 0.874. The first-order valence-corrected chi connectivity index (χ1v) is 8.41. The Balaban J connectivity index is 1.99. The number of carbonyl (C=O) groups excluding carboxylic acids is 1. The van der Waals surface area contributed by atoms with Gasteiger partial charge in [0.25, 0.3) is 5.91 Å². The molecule has 1 amide bonds. The Morgan fingerprint density at radius 2 is 1.48 bits per heavy atom. The van der Waals surface area contributed by atoms with Gasteiger partial charge in [0.15, 0.2) is 0 Å². The van der Waals surface area contributed by atoms with Crippen LogP contribution in [0, 0.1) is 0 Å². The summed E-state index contributed by atoms with van der Waals surface area (Å²) in [6.45, 7) is 2.58. The van der Waals surface area contributed by atoms with E-state index >= 15 is 0 Å². The second kappa shape index (κ2) is 7.67. The zero-order chi connectivity index (χ0) is 17.6. The molecule has 0 heterocycles. The van der Waals surface area contributed by atoms with Crippen molar-refractivity contribution in [1.82, 2.24) is 0 Å². The Morgan fingerprint density at radius 1 is 0.840 bits per heavy atom. The molecule has 25 heavy (non-hydrogen) atoms. The third kappa shape index (κ3) is 3.89. The molecule has 0 bridgehead atoms. The van der Waals surface area contributed by atoms with Crippen molar-refractivity contribution in [3.8, 4) is 28.0 Å². The lowest BCUT2D eigenvalue weighted by atomic mass is 9.97. The van der Waals surface area contributed by atoms with Crippen LogP contribution in [0.5, 0.6) is 5.75 Å². The summed E-state index contributed by atoms with van der Waals surface area (Å²) in [6, 6.07) is 24.0. The highest BCUT2D eigenvalue weighted by molar-refractivity contribution is 5.97. The SMILES string of the molecule is CCCOc1ccc(-c2cccc(-c3ccccc3)c2)cc1C(N)=O. The fourth-order valence-corrected chi connectivity index (χ4v) is 2.75. The number of carbonyl (C=O) groups is 1. The van der Waals surface area contributed by atoms with Gasteiger partial charge >= 0.3 is 0 Å². The topological polar surface area (TPSA) is 52.3 Å². The van der Waals surface area contributed by atoms with Crippen LogP contribution in [-0.4, -0.2) is 12.5 Å². The number of benzene rings is 3. The maximum absolute atomic E-state index is 11.8. The van der Waals surface area contributed by atoms with Gasteiger partial charge in [-0.05, 0) is 46.9 Å². The van der Waals surface area contributed by atoms with Gasteiger partial charge in [0, 0.05) is 0 Å².